The molecule has 3 atom stereocenters. The van der Waals surface area contributed by atoms with E-state index in [1.807, 2.05) is 0 Å². The molecule has 0 aromatic heterocycles. The lowest BCUT2D eigenvalue weighted by molar-refractivity contribution is 0.0681. The zero-order chi connectivity index (χ0) is 15.9. The highest BCUT2D eigenvalue weighted by Gasteiger charge is 2.42. The first kappa shape index (κ1) is 14.9. The maximum absolute atomic E-state index is 2.82. The summed E-state index contributed by atoms with van der Waals surface area (Å²) < 4.78 is 0. The highest BCUT2D eigenvalue weighted by molar-refractivity contribution is 5.85. The molecular formula is C22H28N2. The Morgan fingerprint density at radius 3 is 2.46 bits per heavy atom. The lowest BCUT2D eigenvalue weighted by atomic mass is 9.93. The van der Waals surface area contributed by atoms with Gasteiger partial charge < -0.3 is 0 Å². The van der Waals surface area contributed by atoms with E-state index in [9.17, 15) is 0 Å². The average Bonchev–Trinajstić information content (AvgIpc) is 3.26. The number of nitrogens with zero attached hydrogens (tertiary/aromatic N) is 2. The normalized spacial score (nSPS) is 31.1. The molecule has 3 fully saturated rings. The van der Waals surface area contributed by atoms with Crippen molar-refractivity contribution >= 4 is 10.8 Å². The van der Waals surface area contributed by atoms with Gasteiger partial charge in [0.05, 0.1) is 0 Å². The second-order valence-electron chi connectivity index (χ2n) is 8.19. The maximum Gasteiger partial charge on any atom is 0.0240 e. The number of fused-ring (bicyclic) bond motifs is 3. The average molecular weight is 320 g/mol. The Labute approximate surface area is 145 Å². The highest BCUT2D eigenvalue weighted by atomic mass is 15.3. The van der Waals surface area contributed by atoms with Gasteiger partial charge in [-0.15, -0.1) is 0 Å². The first-order chi connectivity index (χ1) is 11.9. The molecule has 2 heteroatoms. The third-order valence-corrected chi connectivity index (χ3v) is 6.85. The second kappa shape index (κ2) is 6.16. The molecule has 0 N–H and O–H groups in total. The predicted molar refractivity (Wildman–Crippen MR) is 100 cm³/mol. The molecule has 5 rings (SSSR count). The summed E-state index contributed by atoms with van der Waals surface area (Å²) in [4.78, 5) is 5.48. The molecule has 1 heterocycles. The van der Waals surface area contributed by atoms with Crippen molar-refractivity contribution in [1.82, 2.24) is 9.80 Å². The Morgan fingerprint density at radius 2 is 1.67 bits per heavy atom. The fourth-order valence-electron chi connectivity index (χ4n) is 5.58. The van der Waals surface area contributed by atoms with Crippen molar-refractivity contribution in [3.05, 3.63) is 48.0 Å². The minimum Gasteiger partial charge on any atom is -0.298 e. The Hall–Kier alpha value is -1.38. The van der Waals surface area contributed by atoms with E-state index in [1.165, 1.54) is 68.2 Å². The molecule has 0 radical (unpaired) electrons. The van der Waals surface area contributed by atoms with E-state index in [4.69, 9.17) is 0 Å². The van der Waals surface area contributed by atoms with Crippen LogP contribution >= 0.6 is 0 Å². The van der Waals surface area contributed by atoms with Gasteiger partial charge in [0, 0.05) is 38.8 Å². The molecule has 2 aromatic carbocycles. The zero-order valence-corrected chi connectivity index (χ0v) is 14.5. The second-order valence-corrected chi connectivity index (χ2v) is 8.19. The summed E-state index contributed by atoms with van der Waals surface area (Å²) in [7, 11) is 0. The van der Waals surface area contributed by atoms with Gasteiger partial charge in [-0.05, 0) is 47.4 Å². The zero-order valence-electron chi connectivity index (χ0n) is 14.5. The molecule has 0 unspecified atom stereocenters. The van der Waals surface area contributed by atoms with Crippen LogP contribution < -0.4 is 0 Å². The topological polar surface area (TPSA) is 6.48 Å². The molecule has 2 bridgehead atoms. The smallest absolute Gasteiger partial charge is 0.0240 e. The maximum atomic E-state index is 2.82. The highest BCUT2D eigenvalue weighted by Crippen LogP contribution is 2.46. The lowest BCUT2D eigenvalue weighted by Crippen LogP contribution is -2.51. The molecule has 2 saturated carbocycles. The Morgan fingerprint density at radius 1 is 0.833 bits per heavy atom. The van der Waals surface area contributed by atoms with Crippen LogP contribution in [0, 0.1) is 11.8 Å². The third-order valence-electron chi connectivity index (χ3n) is 6.85. The van der Waals surface area contributed by atoms with Crippen molar-refractivity contribution in [2.75, 3.05) is 26.2 Å². The van der Waals surface area contributed by atoms with Crippen molar-refractivity contribution in [2.45, 2.75) is 38.3 Å². The van der Waals surface area contributed by atoms with Crippen LogP contribution in [0.4, 0.5) is 0 Å². The molecule has 2 aliphatic carbocycles. The molecule has 1 saturated heterocycles. The molecular weight excluding hydrogens is 292 g/mol. The summed E-state index contributed by atoms with van der Waals surface area (Å²) in [5.41, 5.74) is 1.49. The number of hydrogen-bond donors (Lipinski definition) is 0. The van der Waals surface area contributed by atoms with Crippen molar-refractivity contribution in [3.8, 4) is 0 Å². The molecule has 126 valence electrons. The minimum absolute atomic E-state index is 0.920. The van der Waals surface area contributed by atoms with E-state index >= 15 is 0 Å². The van der Waals surface area contributed by atoms with E-state index in [0.29, 0.717) is 0 Å². The number of benzene rings is 2. The molecule has 24 heavy (non-hydrogen) atoms. The third kappa shape index (κ3) is 2.66. The number of piperazine rings is 1. The quantitative estimate of drug-likeness (QED) is 0.838. The molecule has 2 nitrogen and oxygen atoms in total. The van der Waals surface area contributed by atoms with E-state index in [0.717, 1.165) is 24.4 Å². The van der Waals surface area contributed by atoms with Crippen LogP contribution in [0.15, 0.2) is 42.5 Å². The van der Waals surface area contributed by atoms with Gasteiger partial charge in [0.15, 0.2) is 0 Å². The van der Waals surface area contributed by atoms with Gasteiger partial charge in [0.25, 0.3) is 0 Å². The van der Waals surface area contributed by atoms with Crippen LogP contribution in [0.1, 0.15) is 31.2 Å². The molecule has 1 aliphatic heterocycles. The van der Waals surface area contributed by atoms with Gasteiger partial charge in [-0.2, -0.15) is 0 Å². The number of hydrogen-bond acceptors (Lipinski definition) is 2. The fraction of sp³-hybridized carbons (Fsp3) is 0.545. The lowest BCUT2D eigenvalue weighted by Gasteiger charge is -2.41. The summed E-state index contributed by atoms with van der Waals surface area (Å²) >= 11 is 0. The van der Waals surface area contributed by atoms with Crippen LogP contribution in [-0.4, -0.2) is 42.0 Å². The van der Waals surface area contributed by atoms with E-state index < -0.39 is 0 Å². The van der Waals surface area contributed by atoms with E-state index in [2.05, 4.69) is 52.3 Å². The first-order valence-corrected chi connectivity index (χ1v) is 9.80. The minimum atomic E-state index is 0.920. The van der Waals surface area contributed by atoms with Crippen LogP contribution in [0.25, 0.3) is 10.8 Å². The van der Waals surface area contributed by atoms with E-state index in [1.54, 1.807) is 0 Å². The van der Waals surface area contributed by atoms with Crippen molar-refractivity contribution in [1.29, 1.82) is 0 Å². The van der Waals surface area contributed by atoms with Gasteiger partial charge in [-0.1, -0.05) is 48.9 Å². The van der Waals surface area contributed by atoms with Crippen LogP contribution in [0.3, 0.4) is 0 Å². The standard InChI is InChI=1S/C22H28N2/c1-2-7-21-18(4-1)5-3-6-20(21)16-23-10-12-24(13-11-23)22-15-17-8-9-19(22)14-17/h1-7,17,19,22H,8-16H2/t17-,19-,22-/m0/s1. The molecule has 0 spiro atoms. The SMILES string of the molecule is c1ccc2c(CN3CCN([C@H]4C[C@H]5CC[C@H]4C5)CC3)cccc2c1. The molecule has 3 aliphatic rings. The van der Waals surface area contributed by atoms with E-state index in [-0.39, 0.29) is 0 Å². The van der Waals surface area contributed by atoms with Crippen molar-refractivity contribution in [2.24, 2.45) is 11.8 Å². The molecule has 2 aromatic rings. The number of rotatable bonds is 3. The first-order valence-electron chi connectivity index (χ1n) is 9.80. The summed E-state index contributed by atoms with van der Waals surface area (Å²) in [6.45, 7) is 6.12. The summed E-state index contributed by atoms with van der Waals surface area (Å²) in [6.07, 6.45) is 6.04. The van der Waals surface area contributed by atoms with Gasteiger partial charge >= 0.3 is 0 Å². The van der Waals surface area contributed by atoms with Crippen LogP contribution in [0.2, 0.25) is 0 Å². The van der Waals surface area contributed by atoms with Gasteiger partial charge in [-0.3, -0.25) is 9.80 Å². The monoisotopic (exact) mass is 320 g/mol. The van der Waals surface area contributed by atoms with Crippen LogP contribution in [-0.2, 0) is 6.54 Å². The summed E-state index contributed by atoms with van der Waals surface area (Å²) in [5.74, 6) is 2.09. The Kier molecular flexibility index (Phi) is 3.83. The Bertz CT molecular complexity index is 711. The van der Waals surface area contributed by atoms with Crippen LogP contribution in [0.5, 0.6) is 0 Å². The fourth-order valence-corrected chi connectivity index (χ4v) is 5.58. The molecule has 0 amide bonds. The summed E-state index contributed by atoms with van der Waals surface area (Å²) in [5, 5.41) is 2.80. The summed E-state index contributed by atoms with van der Waals surface area (Å²) in [6, 6.07) is 16.5. The largest absolute Gasteiger partial charge is 0.298 e. The van der Waals surface area contributed by atoms with Gasteiger partial charge in [0.2, 0.25) is 0 Å². The predicted octanol–water partition coefficient (Wildman–Crippen LogP) is 4.15. The van der Waals surface area contributed by atoms with Gasteiger partial charge in [0.1, 0.15) is 0 Å². The van der Waals surface area contributed by atoms with Gasteiger partial charge in [-0.25, -0.2) is 0 Å². The Balaban J connectivity index is 1.24. The van der Waals surface area contributed by atoms with Crippen molar-refractivity contribution in [3.63, 3.8) is 0 Å². The van der Waals surface area contributed by atoms with Crippen molar-refractivity contribution < 1.29 is 0 Å².